The van der Waals surface area contributed by atoms with Gasteiger partial charge in [0.2, 0.25) is 5.91 Å². The van der Waals surface area contributed by atoms with E-state index in [9.17, 15) is 14.4 Å². The van der Waals surface area contributed by atoms with E-state index in [4.69, 9.17) is 9.47 Å². The van der Waals surface area contributed by atoms with E-state index >= 15 is 0 Å². The molecule has 0 bridgehead atoms. The molecule has 1 N–H and O–H groups in total. The smallest absolute Gasteiger partial charge is 0.338 e. The summed E-state index contributed by atoms with van der Waals surface area (Å²) in [5, 5.41) is 2.75. The van der Waals surface area contributed by atoms with E-state index in [0.29, 0.717) is 29.0 Å². The number of benzene rings is 2. The van der Waals surface area contributed by atoms with Crippen LogP contribution in [0, 0.1) is 0 Å². The molecule has 2 rings (SSSR count). The molecule has 0 aromatic heterocycles. The number of amides is 1. The Labute approximate surface area is 164 Å². The molecule has 2 aromatic rings. The molecule has 0 radical (unpaired) electrons. The second-order valence-corrected chi connectivity index (χ2v) is 6.57. The van der Waals surface area contributed by atoms with Gasteiger partial charge in [-0.1, -0.05) is 6.92 Å². The summed E-state index contributed by atoms with van der Waals surface area (Å²) < 4.78 is 10.6. The summed E-state index contributed by atoms with van der Waals surface area (Å²) in [6.45, 7) is 5.40. The summed E-state index contributed by atoms with van der Waals surface area (Å²) in [6, 6.07) is 13.0. The number of Topliss-reactive ketones (excluding diaryl/α,β-unsaturated/α-hetero) is 1. The number of esters is 1. The average molecular weight is 383 g/mol. The van der Waals surface area contributed by atoms with Gasteiger partial charge in [0.25, 0.3) is 0 Å². The Kier molecular flexibility index (Phi) is 7.75. The molecular formula is C22H25NO5. The standard InChI is InChI=1S/C22H25NO5/c1-4-5-21(25)23-18-10-6-16(7-11-18)20(24)14-27-22(26)17-8-12-19(13-9-17)28-15(2)3/h6-13,15H,4-5,14H2,1-3H3,(H,23,25). The molecule has 0 saturated carbocycles. The van der Waals surface area contributed by atoms with Crippen LogP contribution in [0.25, 0.3) is 0 Å². The summed E-state index contributed by atoms with van der Waals surface area (Å²) >= 11 is 0. The van der Waals surface area contributed by atoms with Crippen LogP contribution in [0.3, 0.4) is 0 Å². The van der Waals surface area contributed by atoms with Gasteiger partial charge in [0.05, 0.1) is 11.7 Å². The first kappa shape index (κ1) is 21.2. The summed E-state index contributed by atoms with van der Waals surface area (Å²) in [5.41, 5.74) is 1.37. The maximum atomic E-state index is 12.2. The van der Waals surface area contributed by atoms with Crippen molar-refractivity contribution in [3.8, 4) is 5.75 Å². The number of hydrogen-bond donors (Lipinski definition) is 1. The second-order valence-electron chi connectivity index (χ2n) is 6.57. The van der Waals surface area contributed by atoms with Crippen molar-refractivity contribution in [3.63, 3.8) is 0 Å². The highest BCUT2D eigenvalue weighted by atomic mass is 16.5. The summed E-state index contributed by atoms with van der Waals surface area (Å²) in [4.78, 5) is 35.9. The average Bonchev–Trinajstić information content (AvgIpc) is 2.66. The Balaban J connectivity index is 1.87. The molecule has 0 heterocycles. The lowest BCUT2D eigenvalue weighted by molar-refractivity contribution is -0.116. The SMILES string of the molecule is CCCC(=O)Nc1ccc(C(=O)COC(=O)c2ccc(OC(C)C)cc2)cc1. The van der Waals surface area contributed by atoms with Crippen LogP contribution in [-0.2, 0) is 9.53 Å². The third-order valence-corrected chi connectivity index (χ3v) is 3.76. The summed E-state index contributed by atoms with van der Waals surface area (Å²) in [5.74, 6) is -0.304. The number of carbonyl (C=O) groups excluding carboxylic acids is 3. The molecule has 148 valence electrons. The molecule has 1 amide bonds. The molecule has 0 saturated heterocycles. The Morgan fingerprint density at radius 1 is 0.929 bits per heavy atom. The van der Waals surface area contributed by atoms with Gasteiger partial charge >= 0.3 is 5.97 Å². The van der Waals surface area contributed by atoms with Crippen molar-refractivity contribution in [2.24, 2.45) is 0 Å². The van der Waals surface area contributed by atoms with Gasteiger partial charge in [-0.2, -0.15) is 0 Å². The molecule has 0 spiro atoms. The third kappa shape index (κ3) is 6.54. The molecule has 0 fully saturated rings. The van der Waals surface area contributed by atoms with Crippen LogP contribution in [0.4, 0.5) is 5.69 Å². The van der Waals surface area contributed by atoms with Gasteiger partial charge in [0, 0.05) is 17.7 Å². The minimum Gasteiger partial charge on any atom is -0.491 e. The first-order chi connectivity index (χ1) is 13.4. The fourth-order valence-corrected chi connectivity index (χ4v) is 2.43. The first-order valence-electron chi connectivity index (χ1n) is 9.26. The van der Waals surface area contributed by atoms with Gasteiger partial charge in [0.1, 0.15) is 5.75 Å². The molecule has 0 aliphatic heterocycles. The number of ether oxygens (including phenoxy) is 2. The zero-order chi connectivity index (χ0) is 20.5. The monoisotopic (exact) mass is 383 g/mol. The molecule has 0 atom stereocenters. The van der Waals surface area contributed by atoms with Crippen LogP contribution in [-0.4, -0.2) is 30.4 Å². The Bertz CT molecular complexity index is 810. The van der Waals surface area contributed by atoms with E-state index < -0.39 is 5.97 Å². The van der Waals surface area contributed by atoms with E-state index in [1.165, 1.54) is 0 Å². The van der Waals surface area contributed by atoms with Crippen molar-refractivity contribution >= 4 is 23.3 Å². The zero-order valence-electron chi connectivity index (χ0n) is 16.4. The molecule has 6 nitrogen and oxygen atoms in total. The van der Waals surface area contributed by atoms with Crippen LogP contribution in [0.2, 0.25) is 0 Å². The number of rotatable bonds is 9. The number of nitrogens with one attached hydrogen (secondary N) is 1. The van der Waals surface area contributed by atoms with E-state index in [1.54, 1.807) is 48.5 Å². The molecule has 2 aromatic carbocycles. The highest BCUT2D eigenvalue weighted by Crippen LogP contribution is 2.15. The van der Waals surface area contributed by atoms with Gasteiger partial charge < -0.3 is 14.8 Å². The Hall–Kier alpha value is -3.15. The fourth-order valence-electron chi connectivity index (χ4n) is 2.43. The number of anilines is 1. The molecule has 6 heteroatoms. The van der Waals surface area contributed by atoms with Gasteiger partial charge in [-0.15, -0.1) is 0 Å². The molecular weight excluding hydrogens is 358 g/mol. The van der Waals surface area contributed by atoms with Crippen LogP contribution in [0.1, 0.15) is 54.3 Å². The van der Waals surface area contributed by atoms with Crippen LogP contribution >= 0.6 is 0 Å². The number of carbonyl (C=O) groups is 3. The number of ketones is 1. The third-order valence-electron chi connectivity index (χ3n) is 3.76. The minimum atomic E-state index is -0.576. The number of hydrogen-bond acceptors (Lipinski definition) is 5. The highest BCUT2D eigenvalue weighted by Gasteiger charge is 2.12. The lowest BCUT2D eigenvalue weighted by atomic mass is 10.1. The van der Waals surface area contributed by atoms with Crippen LogP contribution in [0.5, 0.6) is 5.75 Å². The zero-order valence-corrected chi connectivity index (χ0v) is 16.4. The first-order valence-corrected chi connectivity index (χ1v) is 9.26. The highest BCUT2D eigenvalue weighted by molar-refractivity contribution is 6.00. The van der Waals surface area contributed by atoms with Crippen molar-refractivity contribution in [2.45, 2.75) is 39.7 Å². The van der Waals surface area contributed by atoms with Gasteiger partial charge in [-0.3, -0.25) is 9.59 Å². The molecule has 28 heavy (non-hydrogen) atoms. The van der Waals surface area contributed by atoms with Gasteiger partial charge in [-0.05, 0) is 68.8 Å². The van der Waals surface area contributed by atoms with E-state index in [-0.39, 0.29) is 24.4 Å². The van der Waals surface area contributed by atoms with Crippen molar-refractivity contribution in [1.29, 1.82) is 0 Å². The maximum Gasteiger partial charge on any atom is 0.338 e. The van der Waals surface area contributed by atoms with Crippen molar-refractivity contribution in [1.82, 2.24) is 0 Å². The van der Waals surface area contributed by atoms with Crippen LogP contribution < -0.4 is 10.1 Å². The summed E-state index contributed by atoms with van der Waals surface area (Å²) in [6.07, 6.45) is 1.25. The second kappa shape index (κ2) is 10.3. The quantitative estimate of drug-likeness (QED) is 0.517. The normalized spacial score (nSPS) is 10.4. The summed E-state index contributed by atoms with van der Waals surface area (Å²) in [7, 11) is 0. The lowest BCUT2D eigenvalue weighted by Gasteiger charge is -2.10. The van der Waals surface area contributed by atoms with Crippen molar-refractivity contribution < 1.29 is 23.9 Å². The largest absolute Gasteiger partial charge is 0.491 e. The predicted octanol–water partition coefficient (Wildman–Crippen LogP) is 4.25. The van der Waals surface area contributed by atoms with Gasteiger partial charge in [-0.25, -0.2) is 4.79 Å². The van der Waals surface area contributed by atoms with Crippen LogP contribution in [0.15, 0.2) is 48.5 Å². The van der Waals surface area contributed by atoms with Crippen molar-refractivity contribution in [3.05, 3.63) is 59.7 Å². The maximum absolute atomic E-state index is 12.2. The topological polar surface area (TPSA) is 81.7 Å². The molecule has 0 unspecified atom stereocenters. The van der Waals surface area contributed by atoms with Crippen molar-refractivity contribution in [2.75, 3.05) is 11.9 Å². The Morgan fingerprint density at radius 3 is 2.11 bits per heavy atom. The predicted molar refractivity (Wildman–Crippen MR) is 107 cm³/mol. The van der Waals surface area contributed by atoms with Gasteiger partial charge in [0.15, 0.2) is 12.4 Å². The van der Waals surface area contributed by atoms with E-state index in [2.05, 4.69) is 5.32 Å². The lowest BCUT2D eigenvalue weighted by Crippen LogP contribution is -2.15. The minimum absolute atomic E-state index is 0.0433. The van der Waals surface area contributed by atoms with E-state index in [0.717, 1.165) is 6.42 Å². The fraction of sp³-hybridized carbons (Fsp3) is 0.318. The molecule has 0 aliphatic carbocycles. The Morgan fingerprint density at radius 2 is 1.54 bits per heavy atom. The molecule has 0 aliphatic rings. The van der Waals surface area contributed by atoms with E-state index in [1.807, 2.05) is 20.8 Å².